The molecule has 104 valence electrons. The van der Waals surface area contributed by atoms with Crippen LogP contribution in [0.1, 0.15) is 12.7 Å². The number of H-pyrrole nitrogens is 1. The summed E-state index contributed by atoms with van der Waals surface area (Å²) in [5.41, 5.74) is 0.638. The normalized spacial score (nSPS) is 12.5. The Bertz CT molecular complexity index is 562. The molecule has 7 heteroatoms. The zero-order valence-electron chi connectivity index (χ0n) is 10.3. The van der Waals surface area contributed by atoms with Gasteiger partial charge < -0.3 is 4.98 Å². The lowest BCUT2D eigenvalue weighted by molar-refractivity contribution is -0.146. The van der Waals surface area contributed by atoms with E-state index >= 15 is 0 Å². The summed E-state index contributed by atoms with van der Waals surface area (Å²) >= 11 is 0. The number of nitrogens with one attached hydrogen (secondary N) is 1. The van der Waals surface area contributed by atoms with E-state index in [9.17, 15) is 17.6 Å². The first kappa shape index (κ1) is 13.8. The third-order valence-electron chi connectivity index (χ3n) is 2.74. The molecule has 1 heterocycles. The number of imidazole rings is 1. The Labute approximate surface area is 107 Å². The van der Waals surface area contributed by atoms with Gasteiger partial charge in [-0.2, -0.15) is 13.2 Å². The van der Waals surface area contributed by atoms with E-state index in [0.717, 1.165) is 0 Å². The second-order valence-electron chi connectivity index (χ2n) is 4.24. The molecule has 0 bridgehead atoms. The number of hydrogen-bond donors (Lipinski definition) is 1. The Kier molecular flexibility index (Phi) is 3.75. The molecule has 3 nitrogen and oxygen atoms in total. The van der Waals surface area contributed by atoms with Gasteiger partial charge in [0.2, 0.25) is 0 Å². The maximum atomic E-state index is 13.4. The summed E-state index contributed by atoms with van der Waals surface area (Å²) < 4.78 is 50.4. The smallest absolute Gasteiger partial charge is 0.341 e. The van der Waals surface area contributed by atoms with Crippen LogP contribution in [0.4, 0.5) is 17.6 Å². The van der Waals surface area contributed by atoms with E-state index < -0.39 is 18.5 Å². The highest BCUT2D eigenvalue weighted by atomic mass is 19.4. The molecule has 1 aromatic carbocycles. The standard InChI is InChI=1S/C12H13F4N3/c1-2-19(7-12(14,15)16)6-10-17-9-5-3-4-8(13)11(9)18-10/h3-5H,2,6-7H2,1H3,(H,17,18). The first-order valence-corrected chi connectivity index (χ1v) is 5.81. The molecule has 1 N–H and O–H groups in total. The minimum Gasteiger partial charge on any atom is -0.341 e. The number of aromatic nitrogens is 2. The molecular weight excluding hydrogens is 262 g/mol. The first-order valence-electron chi connectivity index (χ1n) is 5.81. The van der Waals surface area contributed by atoms with Crippen LogP contribution in [0.5, 0.6) is 0 Å². The van der Waals surface area contributed by atoms with Gasteiger partial charge in [-0.15, -0.1) is 0 Å². The maximum Gasteiger partial charge on any atom is 0.401 e. The number of alkyl halides is 3. The lowest BCUT2D eigenvalue weighted by Crippen LogP contribution is -2.33. The highest BCUT2D eigenvalue weighted by Gasteiger charge is 2.30. The molecule has 2 aromatic rings. The first-order chi connectivity index (χ1) is 8.89. The summed E-state index contributed by atoms with van der Waals surface area (Å²) in [7, 11) is 0. The summed E-state index contributed by atoms with van der Waals surface area (Å²) in [4.78, 5) is 8.01. The quantitative estimate of drug-likeness (QED) is 0.869. The van der Waals surface area contributed by atoms with Gasteiger partial charge in [0.25, 0.3) is 0 Å². The fourth-order valence-corrected chi connectivity index (χ4v) is 1.87. The van der Waals surface area contributed by atoms with Crippen LogP contribution in [0.3, 0.4) is 0 Å². The third-order valence-corrected chi connectivity index (χ3v) is 2.74. The van der Waals surface area contributed by atoms with Crippen LogP contribution in [0, 0.1) is 5.82 Å². The van der Waals surface area contributed by atoms with Gasteiger partial charge in [-0.05, 0) is 18.7 Å². The van der Waals surface area contributed by atoms with Gasteiger partial charge in [-0.1, -0.05) is 13.0 Å². The monoisotopic (exact) mass is 275 g/mol. The molecule has 19 heavy (non-hydrogen) atoms. The van der Waals surface area contributed by atoms with Gasteiger partial charge in [0.05, 0.1) is 18.6 Å². The molecule has 0 aliphatic rings. The number of aromatic amines is 1. The lowest BCUT2D eigenvalue weighted by Gasteiger charge is -2.20. The van der Waals surface area contributed by atoms with Crippen LogP contribution in [0.2, 0.25) is 0 Å². The van der Waals surface area contributed by atoms with Gasteiger partial charge in [0, 0.05) is 0 Å². The zero-order valence-corrected chi connectivity index (χ0v) is 10.3. The summed E-state index contributed by atoms with van der Waals surface area (Å²) in [6.07, 6.45) is -4.26. The molecule has 0 atom stereocenters. The molecular formula is C12H13F4N3. The lowest BCUT2D eigenvalue weighted by atomic mass is 10.3. The molecule has 0 saturated heterocycles. The fourth-order valence-electron chi connectivity index (χ4n) is 1.87. The largest absolute Gasteiger partial charge is 0.401 e. The minimum atomic E-state index is -4.26. The van der Waals surface area contributed by atoms with Crippen LogP contribution in [-0.2, 0) is 6.54 Å². The summed E-state index contributed by atoms with van der Waals surface area (Å²) in [6.45, 7) is 0.862. The van der Waals surface area contributed by atoms with E-state index in [0.29, 0.717) is 11.3 Å². The molecule has 0 aliphatic carbocycles. The number of hydrogen-bond acceptors (Lipinski definition) is 2. The molecule has 0 radical (unpaired) electrons. The van der Waals surface area contributed by atoms with Crippen LogP contribution in [-0.4, -0.2) is 34.1 Å². The van der Waals surface area contributed by atoms with Crippen molar-refractivity contribution < 1.29 is 17.6 Å². The van der Waals surface area contributed by atoms with Gasteiger partial charge in [0.15, 0.2) is 5.82 Å². The zero-order chi connectivity index (χ0) is 14.0. The van der Waals surface area contributed by atoms with Gasteiger partial charge in [-0.3, -0.25) is 4.90 Å². The minimum absolute atomic E-state index is 0.00410. The van der Waals surface area contributed by atoms with Crippen LogP contribution < -0.4 is 0 Å². The van der Waals surface area contributed by atoms with Crippen LogP contribution >= 0.6 is 0 Å². The second-order valence-corrected chi connectivity index (χ2v) is 4.24. The van der Waals surface area contributed by atoms with Crippen LogP contribution in [0.25, 0.3) is 11.0 Å². The second kappa shape index (κ2) is 5.16. The average molecular weight is 275 g/mol. The van der Waals surface area contributed by atoms with Crippen molar-refractivity contribution in [3.63, 3.8) is 0 Å². The van der Waals surface area contributed by atoms with Crippen molar-refractivity contribution in [2.75, 3.05) is 13.1 Å². The van der Waals surface area contributed by atoms with Crippen LogP contribution in [0.15, 0.2) is 18.2 Å². The van der Waals surface area contributed by atoms with Gasteiger partial charge in [-0.25, -0.2) is 9.37 Å². The highest BCUT2D eigenvalue weighted by molar-refractivity contribution is 5.75. The van der Waals surface area contributed by atoms with E-state index in [1.807, 2.05) is 0 Å². The van der Waals surface area contributed by atoms with Crippen molar-refractivity contribution >= 4 is 11.0 Å². The summed E-state index contributed by atoms with van der Waals surface area (Å²) in [5, 5.41) is 0. The Morgan fingerprint density at radius 1 is 1.32 bits per heavy atom. The van der Waals surface area contributed by atoms with E-state index in [-0.39, 0.29) is 18.6 Å². The summed E-state index contributed by atoms with van der Waals surface area (Å²) in [6, 6.07) is 4.42. The van der Waals surface area contributed by atoms with Crippen molar-refractivity contribution in [2.24, 2.45) is 0 Å². The highest BCUT2D eigenvalue weighted by Crippen LogP contribution is 2.19. The molecule has 0 unspecified atom stereocenters. The fraction of sp³-hybridized carbons (Fsp3) is 0.417. The molecule has 0 spiro atoms. The Hall–Kier alpha value is -1.63. The van der Waals surface area contributed by atoms with E-state index in [1.165, 1.54) is 17.0 Å². The molecule has 0 fully saturated rings. The van der Waals surface area contributed by atoms with Gasteiger partial charge >= 0.3 is 6.18 Å². The van der Waals surface area contributed by atoms with Crippen molar-refractivity contribution in [1.29, 1.82) is 0 Å². The predicted octanol–water partition coefficient (Wildman–Crippen LogP) is 3.09. The SMILES string of the molecule is CCN(Cc1nc2c(F)cccc2[nH]1)CC(F)(F)F. The van der Waals surface area contributed by atoms with Gasteiger partial charge in [0.1, 0.15) is 11.3 Å². The molecule has 0 saturated carbocycles. The van der Waals surface area contributed by atoms with Crippen molar-refractivity contribution in [2.45, 2.75) is 19.6 Å². The third kappa shape index (κ3) is 3.44. The van der Waals surface area contributed by atoms with Crippen molar-refractivity contribution in [1.82, 2.24) is 14.9 Å². The number of fused-ring (bicyclic) bond motifs is 1. The summed E-state index contributed by atoms with van der Waals surface area (Å²) in [5.74, 6) is -0.162. The number of rotatable bonds is 4. The molecule has 0 aliphatic heterocycles. The Balaban J connectivity index is 2.18. The predicted molar refractivity (Wildman–Crippen MR) is 63.1 cm³/mol. The van der Waals surface area contributed by atoms with Crippen molar-refractivity contribution in [3.8, 4) is 0 Å². The molecule has 0 amide bonds. The van der Waals surface area contributed by atoms with E-state index in [4.69, 9.17) is 0 Å². The average Bonchev–Trinajstić information content (AvgIpc) is 2.70. The molecule has 1 aromatic heterocycles. The van der Waals surface area contributed by atoms with E-state index in [1.54, 1.807) is 13.0 Å². The number of nitrogens with zero attached hydrogens (tertiary/aromatic N) is 2. The maximum absolute atomic E-state index is 13.4. The molecule has 2 rings (SSSR count). The van der Waals surface area contributed by atoms with Crippen molar-refractivity contribution in [3.05, 3.63) is 29.8 Å². The number of para-hydroxylation sites is 1. The number of benzene rings is 1. The Morgan fingerprint density at radius 2 is 2.05 bits per heavy atom. The van der Waals surface area contributed by atoms with E-state index in [2.05, 4.69) is 9.97 Å². The Morgan fingerprint density at radius 3 is 2.63 bits per heavy atom. The number of halogens is 4. The topological polar surface area (TPSA) is 31.9 Å².